The molecular formula is C17H24N4. The summed E-state index contributed by atoms with van der Waals surface area (Å²) in [6, 6.07) is 6.76. The highest BCUT2D eigenvalue weighted by atomic mass is 15.3. The van der Waals surface area contributed by atoms with Crippen LogP contribution in [-0.4, -0.2) is 21.3 Å². The van der Waals surface area contributed by atoms with Gasteiger partial charge in [0.1, 0.15) is 0 Å². The van der Waals surface area contributed by atoms with Crippen molar-refractivity contribution in [1.29, 1.82) is 0 Å². The van der Waals surface area contributed by atoms with Gasteiger partial charge in [-0.2, -0.15) is 5.10 Å². The molecule has 0 amide bonds. The van der Waals surface area contributed by atoms with E-state index >= 15 is 0 Å². The number of rotatable bonds is 5. The molecule has 4 nitrogen and oxygen atoms in total. The van der Waals surface area contributed by atoms with Gasteiger partial charge in [-0.15, -0.1) is 0 Å². The van der Waals surface area contributed by atoms with Crippen LogP contribution in [0.1, 0.15) is 54.4 Å². The van der Waals surface area contributed by atoms with Gasteiger partial charge in [0, 0.05) is 24.9 Å². The highest BCUT2D eigenvalue weighted by Crippen LogP contribution is 2.40. The molecule has 0 fully saturated rings. The van der Waals surface area contributed by atoms with Crippen molar-refractivity contribution in [1.82, 2.24) is 20.1 Å². The minimum absolute atomic E-state index is 0.298. The van der Waals surface area contributed by atoms with Crippen LogP contribution in [0.5, 0.6) is 0 Å². The SMILES string of the molecule is CCCNC(c1cc(C)nn1C)C1CCc2cccnc21. The Labute approximate surface area is 126 Å². The highest BCUT2D eigenvalue weighted by molar-refractivity contribution is 5.32. The van der Waals surface area contributed by atoms with Crippen molar-refractivity contribution < 1.29 is 0 Å². The third-order valence-electron chi connectivity index (χ3n) is 4.38. The average molecular weight is 284 g/mol. The number of pyridine rings is 1. The second kappa shape index (κ2) is 5.98. The monoisotopic (exact) mass is 284 g/mol. The minimum atomic E-state index is 0.298. The summed E-state index contributed by atoms with van der Waals surface area (Å²) in [5.74, 6) is 0.447. The third-order valence-corrected chi connectivity index (χ3v) is 4.38. The molecule has 3 rings (SSSR count). The lowest BCUT2D eigenvalue weighted by Crippen LogP contribution is -2.29. The van der Waals surface area contributed by atoms with Crippen LogP contribution in [0.2, 0.25) is 0 Å². The van der Waals surface area contributed by atoms with Crippen molar-refractivity contribution in [2.24, 2.45) is 7.05 Å². The maximum absolute atomic E-state index is 4.66. The van der Waals surface area contributed by atoms with E-state index in [0.717, 1.165) is 31.5 Å². The van der Waals surface area contributed by atoms with E-state index in [1.54, 1.807) is 0 Å². The summed E-state index contributed by atoms with van der Waals surface area (Å²) in [6.45, 7) is 5.29. The van der Waals surface area contributed by atoms with E-state index < -0.39 is 0 Å². The molecule has 2 aromatic heterocycles. The molecule has 1 N–H and O–H groups in total. The fourth-order valence-electron chi connectivity index (χ4n) is 3.44. The molecule has 0 saturated heterocycles. The number of aryl methyl sites for hydroxylation is 3. The van der Waals surface area contributed by atoms with E-state index in [4.69, 9.17) is 0 Å². The zero-order valence-electron chi connectivity index (χ0n) is 13.1. The summed E-state index contributed by atoms with van der Waals surface area (Å²) < 4.78 is 2.02. The van der Waals surface area contributed by atoms with Crippen molar-refractivity contribution in [3.8, 4) is 0 Å². The van der Waals surface area contributed by atoms with E-state index in [-0.39, 0.29) is 0 Å². The number of nitrogens with zero attached hydrogens (tertiary/aromatic N) is 3. The molecule has 2 aromatic rings. The normalized spacial score (nSPS) is 18.7. The van der Waals surface area contributed by atoms with Gasteiger partial charge in [0.05, 0.1) is 17.4 Å². The predicted octanol–water partition coefficient (Wildman–Crippen LogP) is 2.89. The molecule has 1 aliphatic carbocycles. The van der Waals surface area contributed by atoms with Gasteiger partial charge in [-0.05, 0) is 50.4 Å². The molecule has 0 aromatic carbocycles. The topological polar surface area (TPSA) is 42.7 Å². The lowest BCUT2D eigenvalue weighted by atomic mass is 9.93. The molecule has 0 aliphatic heterocycles. The maximum atomic E-state index is 4.66. The molecule has 0 saturated carbocycles. The van der Waals surface area contributed by atoms with Crippen LogP contribution in [0.3, 0.4) is 0 Å². The van der Waals surface area contributed by atoms with Gasteiger partial charge < -0.3 is 5.32 Å². The fourth-order valence-corrected chi connectivity index (χ4v) is 3.44. The first-order valence-electron chi connectivity index (χ1n) is 7.88. The zero-order chi connectivity index (χ0) is 14.8. The van der Waals surface area contributed by atoms with Gasteiger partial charge in [-0.1, -0.05) is 13.0 Å². The van der Waals surface area contributed by atoms with E-state index in [2.05, 4.69) is 41.4 Å². The molecule has 0 radical (unpaired) electrons. The molecule has 2 atom stereocenters. The first kappa shape index (κ1) is 14.3. The van der Waals surface area contributed by atoms with Crippen LogP contribution in [0.15, 0.2) is 24.4 Å². The van der Waals surface area contributed by atoms with Crippen molar-refractivity contribution in [2.75, 3.05) is 6.54 Å². The Morgan fingerprint density at radius 2 is 2.33 bits per heavy atom. The molecule has 112 valence electrons. The quantitative estimate of drug-likeness (QED) is 0.918. The van der Waals surface area contributed by atoms with Gasteiger partial charge in [0.25, 0.3) is 0 Å². The summed E-state index contributed by atoms with van der Waals surface area (Å²) in [6.07, 6.45) is 5.35. The van der Waals surface area contributed by atoms with Crippen LogP contribution in [-0.2, 0) is 13.5 Å². The van der Waals surface area contributed by atoms with Crippen molar-refractivity contribution in [3.63, 3.8) is 0 Å². The van der Waals surface area contributed by atoms with Crippen molar-refractivity contribution >= 4 is 0 Å². The van der Waals surface area contributed by atoms with E-state index in [9.17, 15) is 0 Å². The third kappa shape index (κ3) is 2.72. The lowest BCUT2D eigenvalue weighted by Gasteiger charge is -2.25. The van der Waals surface area contributed by atoms with E-state index in [1.165, 1.54) is 17.0 Å². The maximum Gasteiger partial charge on any atom is 0.0597 e. The molecule has 0 spiro atoms. The van der Waals surface area contributed by atoms with Gasteiger partial charge in [0.2, 0.25) is 0 Å². The van der Waals surface area contributed by atoms with Crippen LogP contribution in [0.25, 0.3) is 0 Å². The highest BCUT2D eigenvalue weighted by Gasteiger charge is 2.33. The molecular weight excluding hydrogens is 260 g/mol. The largest absolute Gasteiger partial charge is 0.308 e. The molecule has 4 heteroatoms. The Balaban J connectivity index is 1.95. The van der Waals surface area contributed by atoms with Crippen LogP contribution < -0.4 is 5.32 Å². The smallest absolute Gasteiger partial charge is 0.0597 e. The summed E-state index contributed by atoms with van der Waals surface area (Å²) >= 11 is 0. The zero-order valence-corrected chi connectivity index (χ0v) is 13.1. The lowest BCUT2D eigenvalue weighted by molar-refractivity contribution is 0.414. The summed E-state index contributed by atoms with van der Waals surface area (Å²) in [5.41, 5.74) is 5.02. The summed E-state index contributed by atoms with van der Waals surface area (Å²) in [4.78, 5) is 4.66. The number of hydrogen-bond acceptors (Lipinski definition) is 3. The second-order valence-electron chi connectivity index (χ2n) is 5.96. The van der Waals surface area contributed by atoms with Gasteiger partial charge in [0.15, 0.2) is 0 Å². The molecule has 1 aliphatic rings. The van der Waals surface area contributed by atoms with Crippen molar-refractivity contribution in [2.45, 2.75) is 45.1 Å². The Bertz CT molecular complexity index is 617. The van der Waals surface area contributed by atoms with Crippen LogP contribution in [0.4, 0.5) is 0 Å². The summed E-state index contributed by atoms with van der Waals surface area (Å²) in [7, 11) is 2.04. The standard InChI is InChI=1S/C17H24N4/c1-4-9-18-17(15-11-12(2)20-21(15)3)14-8-7-13-6-5-10-19-16(13)14/h5-6,10-11,14,17-18H,4,7-9H2,1-3H3. The summed E-state index contributed by atoms with van der Waals surface area (Å²) in [5, 5.41) is 8.25. The number of aromatic nitrogens is 3. The van der Waals surface area contributed by atoms with E-state index in [0.29, 0.717) is 12.0 Å². The fraction of sp³-hybridized carbons (Fsp3) is 0.529. The molecule has 0 bridgehead atoms. The molecule has 2 unspecified atom stereocenters. The number of hydrogen-bond donors (Lipinski definition) is 1. The minimum Gasteiger partial charge on any atom is -0.308 e. The van der Waals surface area contributed by atoms with Gasteiger partial charge in [-0.3, -0.25) is 9.67 Å². The average Bonchev–Trinajstić information content (AvgIpc) is 3.04. The Morgan fingerprint density at radius 3 is 3.05 bits per heavy atom. The van der Waals surface area contributed by atoms with Crippen molar-refractivity contribution in [3.05, 3.63) is 47.0 Å². The Hall–Kier alpha value is -1.68. The Kier molecular flexibility index (Phi) is 4.06. The predicted molar refractivity (Wildman–Crippen MR) is 84.3 cm³/mol. The number of nitrogens with one attached hydrogen (secondary N) is 1. The van der Waals surface area contributed by atoms with Gasteiger partial charge in [-0.25, -0.2) is 0 Å². The van der Waals surface area contributed by atoms with Crippen LogP contribution in [0, 0.1) is 6.92 Å². The molecule has 2 heterocycles. The number of fused-ring (bicyclic) bond motifs is 1. The second-order valence-corrected chi connectivity index (χ2v) is 5.96. The Morgan fingerprint density at radius 1 is 1.48 bits per heavy atom. The molecule has 21 heavy (non-hydrogen) atoms. The van der Waals surface area contributed by atoms with Crippen LogP contribution >= 0.6 is 0 Å². The first-order chi connectivity index (χ1) is 10.2. The van der Waals surface area contributed by atoms with Gasteiger partial charge >= 0.3 is 0 Å². The first-order valence-corrected chi connectivity index (χ1v) is 7.88. The van der Waals surface area contributed by atoms with E-state index in [1.807, 2.05) is 24.0 Å².